The van der Waals surface area contributed by atoms with Crippen LogP contribution >= 0.6 is 0 Å². The minimum Gasteiger partial charge on any atom is -0.379 e. The number of benzene rings is 1. The van der Waals surface area contributed by atoms with Gasteiger partial charge >= 0.3 is 6.03 Å². The van der Waals surface area contributed by atoms with Crippen molar-refractivity contribution in [3.8, 4) is 0 Å². The average Bonchev–Trinajstić information content (AvgIpc) is 2.92. The molecule has 2 saturated heterocycles. The zero-order valence-corrected chi connectivity index (χ0v) is 22.6. The van der Waals surface area contributed by atoms with Gasteiger partial charge in [0.1, 0.15) is 6.54 Å². The quantitative estimate of drug-likeness (QED) is 0.538. The highest BCUT2D eigenvalue weighted by Gasteiger charge is 2.52. The van der Waals surface area contributed by atoms with Gasteiger partial charge in [0, 0.05) is 45.0 Å². The minimum atomic E-state index is -0.516. The summed E-state index contributed by atoms with van der Waals surface area (Å²) < 4.78 is 16.5. The molecular weight excluding hydrogens is 492 g/mol. The van der Waals surface area contributed by atoms with Crippen molar-refractivity contribution in [2.24, 2.45) is 5.92 Å². The van der Waals surface area contributed by atoms with Gasteiger partial charge in [0.05, 0.1) is 37.9 Å². The van der Waals surface area contributed by atoms with E-state index in [1.807, 2.05) is 13.8 Å². The first kappa shape index (κ1) is 28.0. The summed E-state index contributed by atoms with van der Waals surface area (Å²) >= 11 is 0. The highest BCUT2D eigenvalue weighted by molar-refractivity contribution is 6.00. The van der Waals surface area contributed by atoms with E-state index in [1.165, 1.54) is 9.80 Å². The van der Waals surface area contributed by atoms with Crippen LogP contribution in [0.15, 0.2) is 24.3 Å². The van der Waals surface area contributed by atoms with Gasteiger partial charge in [-0.2, -0.15) is 0 Å². The molecule has 11 heteroatoms. The van der Waals surface area contributed by atoms with E-state index in [-0.39, 0.29) is 49.1 Å². The normalized spacial score (nSPS) is 26.0. The van der Waals surface area contributed by atoms with Crippen LogP contribution in [0.1, 0.15) is 42.6 Å². The summed E-state index contributed by atoms with van der Waals surface area (Å²) in [5.41, 5.74) is 1.25. The lowest BCUT2D eigenvalue weighted by Crippen LogP contribution is -2.66. The monoisotopic (exact) mass is 530 g/mol. The fourth-order valence-corrected chi connectivity index (χ4v) is 5.55. The first-order valence-electron chi connectivity index (χ1n) is 13.2. The van der Waals surface area contributed by atoms with E-state index in [1.54, 1.807) is 43.4 Å². The number of nitrogens with one attached hydrogen (secondary N) is 1. The summed E-state index contributed by atoms with van der Waals surface area (Å²) in [4.78, 5) is 57.2. The molecule has 1 N–H and O–H groups in total. The second-order valence-electron chi connectivity index (χ2n) is 10.4. The number of hydrogen-bond donors (Lipinski definition) is 1. The molecule has 4 unspecified atom stereocenters. The van der Waals surface area contributed by atoms with E-state index in [0.29, 0.717) is 50.3 Å². The summed E-state index contributed by atoms with van der Waals surface area (Å²) in [5.74, 6) is -1.16. The Morgan fingerprint density at radius 3 is 2.26 bits per heavy atom. The van der Waals surface area contributed by atoms with Crippen LogP contribution in [0.5, 0.6) is 0 Å². The smallest absolute Gasteiger partial charge is 0.327 e. The fraction of sp³-hybridized carbons (Fsp3) is 0.630. The Labute approximate surface area is 223 Å². The molecule has 1 aliphatic carbocycles. The first-order chi connectivity index (χ1) is 18.2. The van der Waals surface area contributed by atoms with E-state index in [9.17, 15) is 19.2 Å². The SMILES string of the molecule is COC1CC2C(=O)N(Cc3ccc(C(=O)N4CCOCC4)cc3)C(=O)N(CC(=O)NC(C)C)C2CC1OC. The molecule has 1 saturated carbocycles. The average molecular weight is 531 g/mol. The number of methoxy groups -OCH3 is 2. The predicted octanol–water partition coefficient (Wildman–Crippen LogP) is 1.26. The molecule has 1 aromatic carbocycles. The molecule has 0 spiro atoms. The second kappa shape index (κ2) is 12.2. The maximum Gasteiger partial charge on any atom is 0.327 e. The summed E-state index contributed by atoms with van der Waals surface area (Å²) in [6, 6.07) is 5.90. The number of rotatable bonds is 8. The van der Waals surface area contributed by atoms with Gasteiger partial charge in [0.25, 0.3) is 5.91 Å². The summed E-state index contributed by atoms with van der Waals surface area (Å²) in [6.07, 6.45) is 0.202. The molecule has 2 heterocycles. The van der Waals surface area contributed by atoms with Crippen LogP contribution in [0.2, 0.25) is 0 Å². The van der Waals surface area contributed by atoms with Crippen molar-refractivity contribution in [3.63, 3.8) is 0 Å². The molecule has 2 aliphatic heterocycles. The number of carbonyl (C=O) groups is 4. The number of fused-ring (bicyclic) bond motifs is 1. The van der Waals surface area contributed by atoms with E-state index < -0.39 is 18.0 Å². The third-order valence-corrected chi connectivity index (χ3v) is 7.51. The van der Waals surface area contributed by atoms with Crippen molar-refractivity contribution >= 4 is 23.8 Å². The standard InChI is InChI=1S/C27H38N4O7/c1-17(2)28-24(32)16-30-21-14-23(37-4)22(36-3)13-20(21)26(34)31(27(30)35)15-18-5-7-19(8-6-18)25(33)29-9-11-38-12-10-29/h5-8,17,20-23H,9-16H2,1-4H3,(H,28,32). The summed E-state index contributed by atoms with van der Waals surface area (Å²) in [5, 5.41) is 2.83. The number of ether oxygens (including phenoxy) is 3. The Morgan fingerprint density at radius 1 is 1.03 bits per heavy atom. The molecule has 11 nitrogen and oxygen atoms in total. The zero-order valence-electron chi connectivity index (χ0n) is 22.6. The van der Waals surface area contributed by atoms with Gasteiger partial charge in [-0.1, -0.05) is 12.1 Å². The molecule has 0 radical (unpaired) electrons. The van der Waals surface area contributed by atoms with E-state index in [0.717, 1.165) is 0 Å². The van der Waals surface area contributed by atoms with Crippen molar-refractivity contribution in [1.82, 2.24) is 20.0 Å². The molecule has 5 amide bonds. The molecule has 0 aromatic heterocycles. The maximum absolute atomic E-state index is 13.7. The minimum absolute atomic E-state index is 0.0422. The van der Waals surface area contributed by atoms with Gasteiger partial charge in [0.2, 0.25) is 11.8 Å². The van der Waals surface area contributed by atoms with Crippen LogP contribution in [0.25, 0.3) is 0 Å². The number of morpholine rings is 1. The molecule has 1 aromatic rings. The lowest BCUT2D eigenvalue weighted by Gasteiger charge is -2.49. The Kier molecular flexibility index (Phi) is 9.01. The molecule has 3 fully saturated rings. The van der Waals surface area contributed by atoms with Crippen molar-refractivity contribution < 1.29 is 33.4 Å². The Hall–Kier alpha value is -3.02. The van der Waals surface area contributed by atoms with Crippen molar-refractivity contribution in [1.29, 1.82) is 0 Å². The van der Waals surface area contributed by atoms with Gasteiger partial charge < -0.3 is 29.3 Å². The third kappa shape index (κ3) is 6.00. The van der Waals surface area contributed by atoms with Gasteiger partial charge in [-0.25, -0.2) is 4.79 Å². The van der Waals surface area contributed by atoms with Crippen LogP contribution in [0.3, 0.4) is 0 Å². The first-order valence-corrected chi connectivity index (χ1v) is 13.2. The Bertz CT molecular complexity index is 1020. The largest absolute Gasteiger partial charge is 0.379 e. The number of amides is 5. The van der Waals surface area contributed by atoms with Crippen molar-refractivity contribution in [2.75, 3.05) is 47.1 Å². The third-order valence-electron chi connectivity index (χ3n) is 7.51. The lowest BCUT2D eigenvalue weighted by atomic mass is 9.78. The number of nitrogens with zero attached hydrogens (tertiary/aromatic N) is 3. The predicted molar refractivity (Wildman–Crippen MR) is 137 cm³/mol. The van der Waals surface area contributed by atoms with Gasteiger partial charge in [-0.05, 0) is 44.4 Å². The second-order valence-corrected chi connectivity index (χ2v) is 10.4. The van der Waals surface area contributed by atoms with Crippen molar-refractivity contribution in [2.45, 2.75) is 57.5 Å². The fourth-order valence-electron chi connectivity index (χ4n) is 5.55. The summed E-state index contributed by atoms with van der Waals surface area (Å²) in [6.45, 7) is 5.74. The van der Waals surface area contributed by atoms with Crippen LogP contribution < -0.4 is 5.32 Å². The van der Waals surface area contributed by atoms with Gasteiger partial charge in [-0.3, -0.25) is 19.3 Å². The molecular formula is C27H38N4O7. The lowest BCUT2D eigenvalue weighted by molar-refractivity contribution is -0.153. The number of imide groups is 1. The molecule has 3 aliphatic rings. The van der Waals surface area contributed by atoms with Crippen LogP contribution in [0, 0.1) is 5.92 Å². The van der Waals surface area contributed by atoms with E-state index in [2.05, 4.69) is 5.32 Å². The number of hydrogen-bond acceptors (Lipinski definition) is 7. The maximum atomic E-state index is 13.7. The molecule has 4 rings (SSSR count). The van der Waals surface area contributed by atoms with E-state index >= 15 is 0 Å². The highest BCUT2D eigenvalue weighted by atomic mass is 16.5. The van der Waals surface area contributed by atoms with Gasteiger partial charge in [0.15, 0.2) is 0 Å². The molecule has 4 atom stereocenters. The highest BCUT2D eigenvalue weighted by Crippen LogP contribution is 2.37. The Balaban J connectivity index is 1.54. The topological polar surface area (TPSA) is 118 Å². The van der Waals surface area contributed by atoms with Crippen molar-refractivity contribution in [3.05, 3.63) is 35.4 Å². The molecule has 38 heavy (non-hydrogen) atoms. The van der Waals surface area contributed by atoms with E-state index in [4.69, 9.17) is 14.2 Å². The number of carbonyl (C=O) groups excluding carboxylic acids is 4. The number of urea groups is 1. The van der Waals surface area contributed by atoms with Crippen LogP contribution in [-0.4, -0.2) is 110 Å². The summed E-state index contributed by atoms with van der Waals surface area (Å²) in [7, 11) is 3.17. The van der Waals surface area contributed by atoms with Crippen LogP contribution in [0.4, 0.5) is 4.79 Å². The molecule has 208 valence electrons. The molecule has 0 bridgehead atoms. The van der Waals surface area contributed by atoms with Crippen LogP contribution in [-0.2, 0) is 30.3 Å². The zero-order chi connectivity index (χ0) is 27.4. The van der Waals surface area contributed by atoms with Gasteiger partial charge in [-0.15, -0.1) is 0 Å². The Morgan fingerprint density at radius 2 is 1.66 bits per heavy atom.